The highest BCUT2D eigenvalue weighted by molar-refractivity contribution is 14.0. The predicted molar refractivity (Wildman–Crippen MR) is 96.5 cm³/mol. The van der Waals surface area contributed by atoms with E-state index in [-0.39, 0.29) is 30.5 Å². The molecule has 23 heavy (non-hydrogen) atoms. The summed E-state index contributed by atoms with van der Waals surface area (Å²) >= 11 is 0. The van der Waals surface area contributed by atoms with Gasteiger partial charge >= 0.3 is 6.18 Å². The van der Waals surface area contributed by atoms with Crippen LogP contribution >= 0.6 is 24.0 Å². The van der Waals surface area contributed by atoms with Crippen LogP contribution in [0.25, 0.3) is 0 Å². The average molecular weight is 452 g/mol. The SMILES string of the molecule is CCNC(=NCCN(C)CC(F)(F)F)N(C)CC1CCOC1.I. The maximum atomic E-state index is 12.3. The van der Waals surface area contributed by atoms with E-state index in [1.54, 1.807) is 0 Å². The predicted octanol–water partition coefficient (Wildman–Crippen LogP) is 2.03. The summed E-state index contributed by atoms with van der Waals surface area (Å²) in [4.78, 5) is 7.66. The lowest BCUT2D eigenvalue weighted by Gasteiger charge is -2.25. The Kier molecular flexibility index (Phi) is 11.2. The van der Waals surface area contributed by atoms with Gasteiger partial charge in [0.15, 0.2) is 5.96 Å². The Bertz CT molecular complexity index is 349. The number of likely N-dealkylation sites (N-methyl/N-ethyl adjacent to an activating group) is 1. The third-order valence-corrected chi connectivity index (χ3v) is 3.45. The molecule has 1 fully saturated rings. The zero-order chi connectivity index (χ0) is 16.6. The molecule has 1 rings (SSSR count). The van der Waals surface area contributed by atoms with E-state index < -0.39 is 12.7 Å². The molecule has 0 bridgehead atoms. The molecule has 1 N–H and O–H groups in total. The standard InChI is InChI=1S/C14H27F3N4O.HI/c1-4-18-13(21(3)9-12-5-8-22-10-12)19-6-7-20(2)11-14(15,16)17;/h12H,4-11H2,1-3H3,(H,18,19);1H. The molecule has 0 aromatic rings. The number of nitrogens with one attached hydrogen (secondary N) is 1. The smallest absolute Gasteiger partial charge is 0.381 e. The maximum absolute atomic E-state index is 12.3. The van der Waals surface area contributed by atoms with Crippen molar-refractivity contribution in [3.8, 4) is 0 Å². The number of halogens is 4. The minimum absolute atomic E-state index is 0. The molecular weight excluding hydrogens is 424 g/mol. The summed E-state index contributed by atoms with van der Waals surface area (Å²) in [5.74, 6) is 1.22. The van der Waals surface area contributed by atoms with Crippen LogP contribution in [0.15, 0.2) is 4.99 Å². The fourth-order valence-corrected chi connectivity index (χ4v) is 2.38. The number of aliphatic imine (C=N–C) groups is 1. The zero-order valence-electron chi connectivity index (χ0n) is 14.0. The molecule has 9 heteroatoms. The first kappa shape index (κ1) is 22.7. The molecule has 1 aliphatic rings. The van der Waals surface area contributed by atoms with Crippen molar-refractivity contribution in [1.82, 2.24) is 15.1 Å². The number of hydrogen-bond acceptors (Lipinski definition) is 3. The molecule has 138 valence electrons. The molecule has 0 amide bonds. The fourth-order valence-electron chi connectivity index (χ4n) is 2.38. The van der Waals surface area contributed by atoms with Gasteiger partial charge in [-0.05, 0) is 20.4 Å². The van der Waals surface area contributed by atoms with Crippen molar-refractivity contribution in [2.24, 2.45) is 10.9 Å². The van der Waals surface area contributed by atoms with Crippen molar-refractivity contribution >= 4 is 29.9 Å². The molecule has 0 radical (unpaired) electrons. The normalized spacial score (nSPS) is 18.9. The van der Waals surface area contributed by atoms with E-state index in [4.69, 9.17) is 4.74 Å². The van der Waals surface area contributed by atoms with Crippen LogP contribution in [0.2, 0.25) is 0 Å². The van der Waals surface area contributed by atoms with Crippen LogP contribution in [0, 0.1) is 5.92 Å². The molecule has 1 unspecified atom stereocenters. The maximum Gasteiger partial charge on any atom is 0.401 e. The van der Waals surface area contributed by atoms with E-state index in [1.807, 2.05) is 18.9 Å². The molecule has 0 aromatic heterocycles. The van der Waals surface area contributed by atoms with Crippen LogP contribution in [-0.4, -0.2) is 82.0 Å². The van der Waals surface area contributed by atoms with Crippen molar-refractivity contribution in [2.75, 3.05) is 60.0 Å². The lowest BCUT2D eigenvalue weighted by molar-refractivity contribution is -0.142. The van der Waals surface area contributed by atoms with Gasteiger partial charge in [-0.3, -0.25) is 9.89 Å². The lowest BCUT2D eigenvalue weighted by Crippen LogP contribution is -2.42. The summed E-state index contributed by atoms with van der Waals surface area (Å²) < 4.78 is 42.1. The second-order valence-electron chi connectivity index (χ2n) is 5.70. The second-order valence-corrected chi connectivity index (χ2v) is 5.70. The van der Waals surface area contributed by atoms with Gasteiger partial charge in [0, 0.05) is 39.2 Å². The van der Waals surface area contributed by atoms with Gasteiger partial charge in [-0.25, -0.2) is 0 Å². The van der Waals surface area contributed by atoms with Crippen molar-refractivity contribution in [3.05, 3.63) is 0 Å². The number of rotatable bonds is 7. The van der Waals surface area contributed by atoms with E-state index in [0.717, 1.165) is 38.7 Å². The van der Waals surface area contributed by atoms with Gasteiger partial charge in [-0.1, -0.05) is 0 Å². The summed E-state index contributed by atoms with van der Waals surface area (Å²) in [5, 5.41) is 3.17. The number of alkyl halides is 3. The molecule has 0 aliphatic carbocycles. The van der Waals surface area contributed by atoms with Gasteiger partial charge in [-0.15, -0.1) is 24.0 Å². The van der Waals surface area contributed by atoms with E-state index in [0.29, 0.717) is 12.5 Å². The third-order valence-electron chi connectivity index (χ3n) is 3.45. The number of ether oxygens (including phenoxy) is 1. The number of nitrogens with zero attached hydrogens (tertiary/aromatic N) is 3. The molecule has 1 heterocycles. The monoisotopic (exact) mass is 452 g/mol. The van der Waals surface area contributed by atoms with Crippen LogP contribution in [0.1, 0.15) is 13.3 Å². The largest absolute Gasteiger partial charge is 0.401 e. The minimum atomic E-state index is -4.16. The van der Waals surface area contributed by atoms with Crippen LogP contribution in [0.4, 0.5) is 13.2 Å². The number of hydrogen-bond donors (Lipinski definition) is 1. The van der Waals surface area contributed by atoms with Crippen molar-refractivity contribution in [1.29, 1.82) is 0 Å². The van der Waals surface area contributed by atoms with Gasteiger partial charge in [0.2, 0.25) is 0 Å². The Morgan fingerprint density at radius 2 is 2.04 bits per heavy atom. The first-order valence-corrected chi connectivity index (χ1v) is 7.64. The van der Waals surface area contributed by atoms with E-state index in [2.05, 4.69) is 10.3 Å². The molecule has 0 aromatic carbocycles. The topological polar surface area (TPSA) is 40.1 Å². The van der Waals surface area contributed by atoms with Crippen LogP contribution in [-0.2, 0) is 4.74 Å². The molecule has 1 atom stereocenters. The summed E-state index contributed by atoms with van der Waals surface area (Å²) in [5.41, 5.74) is 0. The van der Waals surface area contributed by atoms with E-state index in [9.17, 15) is 13.2 Å². The molecular formula is C14H28F3IN4O. The highest BCUT2D eigenvalue weighted by Gasteiger charge is 2.28. The molecule has 0 spiro atoms. The lowest BCUT2D eigenvalue weighted by atomic mass is 10.1. The molecule has 5 nitrogen and oxygen atoms in total. The van der Waals surface area contributed by atoms with Gasteiger partial charge in [-0.2, -0.15) is 13.2 Å². The van der Waals surface area contributed by atoms with Crippen LogP contribution < -0.4 is 5.32 Å². The van der Waals surface area contributed by atoms with Crippen molar-refractivity contribution in [3.63, 3.8) is 0 Å². The Balaban J connectivity index is 0.00000484. The fraction of sp³-hybridized carbons (Fsp3) is 0.929. The first-order chi connectivity index (χ1) is 10.3. The van der Waals surface area contributed by atoms with Crippen LogP contribution in [0.5, 0.6) is 0 Å². The summed E-state index contributed by atoms with van der Waals surface area (Å²) in [6.07, 6.45) is -3.12. The van der Waals surface area contributed by atoms with E-state index >= 15 is 0 Å². The van der Waals surface area contributed by atoms with Gasteiger partial charge < -0.3 is 15.0 Å². The molecule has 0 saturated carbocycles. The Morgan fingerprint density at radius 3 is 2.57 bits per heavy atom. The quantitative estimate of drug-likeness (QED) is 0.365. The van der Waals surface area contributed by atoms with E-state index in [1.165, 1.54) is 11.9 Å². The number of guanidine groups is 1. The molecule has 1 saturated heterocycles. The highest BCUT2D eigenvalue weighted by atomic mass is 127. The Hall–Kier alpha value is -0.290. The van der Waals surface area contributed by atoms with Crippen molar-refractivity contribution < 1.29 is 17.9 Å². The minimum Gasteiger partial charge on any atom is -0.381 e. The van der Waals surface area contributed by atoms with Gasteiger partial charge in [0.05, 0.1) is 19.7 Å². The van der Waals surface area contributed by atoms with Gasteiger partial charge in [0.25, 0.3) is 0 Å². The van der Waals surface area contributed by atoms with Gasteiger partial charge in [0.1, 0.15) is 0 Å². The summed E-state index contributed by atoms with van der Waals surface area (Å²) in [6.45, 7) is 4.79. The Labute approximate surface area is 153 Å². The zero-order valence-corrected chi connectivity index (χ0v) is 16.4. The molecule has 1 aliphatic heterocycles. The second kappa shape index (κ2) is 11.3. The third kappa shape index (κ3) is 10.2. The highest BCUT2D eigenvalue weighted by Crippen LogP contribution is 2.15. The summed E-state index contributed by atoms with van der Waals surface area (Å²) in [7, 11) is 3.40. The van der Waals surface area contributed by atoms with Crippen molar-refractivity contribution in [2.45, 2.75) is 19.5 Å². The van der Waals surface area contributed by atoms with Crippen LogP contribution in [0.3, 0.4) is 0 Å². The summed E-state index contributed by atoms with van der Waals surface area (Å²) in [6, 6.07) is 0. The Morgan fingerprint density at radius 1 is 1.35 bits per heavy atom. The first-order valence-electron chi connectivity index (χ1n) is 7.64. The average Bonchev–Trinajstić information content (AvgIpc) is 2.88.